The number of hydrogen-bond acceptors (Lipinski definition) is 7. The first-order valence-corrected chi connectivity index (χ1v) is 10.4. The molecule has 1 atom stereocenters. The summed E-state index contributed by atoms with van der Waals surface area (Å²) < 4.78 is 16.1. The number of aliphatic hydroxyl groups is 1. The molecule has 1 amide bonds. The Labute approximate surface area is 196 Å². The van der Waals surface area contributed by atoms with E-state index in [0.29, 0.717) is 17.0 Å². The number of carbonyl (C=O) groups excluding carboxylic acids is 2. The van der Waals surface area contributed by atoms with Crippen molar-refractivity contribution in [3.05, 3.63) is 83.4 Å². The number of carbonyl (C=O) groups is 2. The van der Waals surface area contributed by atoms with Gasteiger partial charge in [-0.05, 0) is 42.0 Å². The van der Waals surface area contributed by atoms with Crippen LogP contribution >= 0.6 is 0 Å². The van der Waals surface area contributed by atoms with Crippen LogP contribution in [0, 0.1) is 0 Å². The molecule has 0 spiro atoms. The summed E-state index contributed by atoms with van der Waals surface area (Å²) in [4.78, 5) is 27.9. The van der Waals surface area contributed by atoms with Crippen LogP contribution in [0.3, 0.4) is 0 Å². The predicted molar refractivity (Wildman–Crippen MR) is 125 cm³/mol. The lowest BCUT2D eigenvalue weighted by atomic mass is 9.94. The van der Waals surface area contributed by atoms with Crippen molar-refractivity contribution < 1.29 is 34.0 Å². The van der Waals surface area contributed by atoms with Gasteiger partial charge in [0.15, 0.2) is 0 Å². The molecule has 1 aliphatic rings. The molecule has 1 fully saturated rings. The second-order valence-corrected chi connectivity index (χ2v) is 7.50. The maximum Gasteiger partial charge on any atom is 0.300 e. The first kappa shape index (κ1) is 22.7. The topological polar surface area (TPSA) is 106 Å². The summed E-state index contributed by atoms with van der Waals surface area (Å²) in [5.74, 6) is -1.22. The molecule has 0 radical (unpaired) electrons. The number of anilines is 1. The van der Waals surface area contributed by atoms with Crippen molar-refractivity contribution in [3.63, 3.8) is 0 Å². The molecule has 34 heavy (non-hydrogen) atoms. The quantitative estimate of drug-likeness (QED) is 0.324. The zero-order valence-electron chi connectivity index (χ0n) is 18.8. The van der Waals surface area contributed by atoms with E-state index >= 15 is 0 Å². The summed E-state index contributed by atoms with van der Waals surface area (Å²) >= 11 is 0. The van der Waals surface area contributed by atoms with Gasteiger partial charge in [0.1, 0.15) is 34.3 Å². The van der Waals surface area contributed by atoms with E-state index in [1.165, 1.54) is 38.4 Å². The molecule has 8 heteroatoms. The molecule has 1 unspecified atom stereocenters. The molecule has 174 valence electrons. The number of ether oxygens (including phenoxy) is 3. The van der Waals surface area contributed by atoms with Gasteiger partial charge in [0.05, 0.1) is 32.9 Å². The molecular formula is C26H23NO7. The highest BCUT2D eigenvalue weighted by molar-refractivity contribution is 6.51. The molecule has 8 nitrogen and oxygen atoms in total. The lowest BCUT2D eigenvalue weighted by molar-refractivity contribution is -0.132. The second kappa shape index (κ2) is 9.19. The van der Waals surface area contributed by atoms with Crippen molar-refractivity contribution in [1.29, 1.82) is 0 Å². The van der Waals surface area contributed by atoms with Crippen LogP contribution < -0.4 is 19.1 Å². The largest absolute Gasteiger partial charge is 0.508 e. The number of amides is 1. The van der Waals surface area contributed by atoms with Crippen LogP contribution in [0.25, 0.3) is 5.76 Å². The maximum atomic E-state index is 13.3. The predicted octanol–water partition coefficient (Wildman–Crippen LogP) is 4.04. The minimum absolute atomic E-state index is 0.0522. The molecule has 3 aromatic carbocycles. The number of hydrogen-bond donors (Lipinski definition) is 2. The van der Waals surface area contributed by atoms with Crippen LogP contribution in [0.2, 0.25) is 0 Å². The van der Waals surface area contributed by atoms with E-state index in [1.807, 2.05) is 0 Å². The summed E-state index contributed by atoms with van der Waals surface area (Å²) in [5, 5.41) is 21.6. The Hall–Kier alpha value is -4.46. The molecular weight excluding hydrogens is 438 g/mol. The van der Waals surface area contributed by atoms with Gasteiger partial charge in [0.25, 0.3) is 11.7 Å². The number of phenols is 1. The summed E-state index contributed by atoms with van der Waals surface area (Å²) in [6.07, 6.45) is 0. The SMILES string of the molecule is COc1cccc(N2C(=O)C(=O)/C(=C(/O)c3c(OC)cccc3OC)C2c2cccc(O)c2)c1. The number of rotatable bonds is 6. The van der Waals surface area contributed by atoms with Gasteiger partial charge in [0, 0.05) is 11.8 Å². The van der Waals surface area contributed by atoms with E-state index in [0.717, 1.165) is 0 Å². The van der Waals surface area contributed by atoms with Gasteiger partial charge in [-0.2, -0.15) is 0 Å². The van der Waals surface area contributed by atoms with Gasteiger partial charge >= 0.3 is 0 Å². The van der Waals surface area contributed by atoms with Gasteiger partial charge in [-0.15, -0.1) is 0 Å². The molecule has 0 bridgehead atoms. The van der Waals surface area contributed by atoms with Crippen molar-refractivity contribution in [2.75, 3.05) is 26.2 Å². The molecule has 4 rings (SSSR count). The number of aromatic hydroxyl groups is 1. The van der Waals surface area contributed by atoms with Gasteiger partial charge in [-0.25, -0.2) is 0 Å². The van der Waals surface area contributed by atoms with Crippen molar-refractivity contribution in [3.8, 4) is 23.0 Å². The Morgan fingerprint density at radius 1 is 0.853 bits per heavy atom. The Morgan fingerprint density at radius 3 is 2.12 bits per heavy atom. The highest BCUT2D eigenvalue weighted by Gasteiger charge is 2.47. The summed E-state index contributed by atoms with van der Waals surface area (Å²) in [5.41, 5.74) is 0.792. The number of nitrogens with zero attached hydrogens (tertiary/aromatic N) is 1. The van der Waals surface area contributed by atoms with Crippen LogP contribution in [-0.2, 0) is 9.59 Å². The second-order valence-electron chi connectivity index (χ2n) is 7.50. The standard InChI is InChI=1S/C26H23NO7/c1-32-18-10-5-8-16(14-18)27-23(15-7-4-9-17(28)13-15)22(25(30)26(27)31)24(29)21-19(33-2)11-6-12-20(21)34-3/h4-14,23,28-29H,1-3H3/b24-22+. The lowest BCUT2D eigenvalue weighted by Gasteiger charge is -2.26. The fraction of sp³-hybridized carbons (Fsp3) is 0.154. The van der Waals surface area contributed by atoms with Crippen LogP contribution in [-0.4, -0.2) is 43.2 Å². The molecule has 1 saturated heterocycles. The Balaban J connectivity index is 2.02. The van der Waals surface area contributed by atoms with E-state index in [1.54, 1.807) is 54.6 Å². The van der Waals surface area contributed by atoms with Crippen molar-refractivity contribution in [2.45, 2.75) is 6.04 Å². The zero-order chi connectivity index (χ0) is 24.4. The lowest BCUT2D eigenvalue weighted by Crippen LogP contribution is -2.29. The highest BCUT2D eigenvalue weighted by Crippen LogP contribution is 2.45. The number of aliphatic hydroxyl groups excluding tert-OH is 1. The third-order valence-electron chi connectivity index (χ3n) is 5.63. The number of phenolic OH excluding ortho intramolecular Hbond substituents is 1. The molecule has 2 N–H and O–H groups in total. The normalized spacial score (nSPS) is 17.0. The summed E-state index contributed by atoms with van der Waals surface area (Å²) in [6.45, 7) is 0. The average molecular weight is 461 g/mol. The van der Waals surface area contributed by atoms with Gasteiger partial charge in [0.2, 0.25) is 0 Å². The molecule has 0 aromatic heterocycles. The third-order valence-corrected chi connectivity index (χ3v) is 5.63. The summed E-state index contributed by atoms with van der Waals surface area (Å²) in [6, 6.07) is 16.7. The third kappa shape index (κ3) is 3.79. The monoisotopic (exact) mass is 461 g/mol. The Kier molecular flexibility index (Phi) is 6.14. The van der Waals surface area contributed by atoms with Crippen LogP contribution in [0.4, 0.5) is 5.69 Å². The Bertz CT molecular complexity index is 1280. The van der Waals surface area contributed by atoms with Crippen LogP contribution in [0.1, 0.15) is 17.2 Å². The molecule has 0 aliphatic carbocycles. The highest BCUT2D eigenvalue weighted by atomic mass is 16.5. The smallest absolute Gasteiger partial charge is 0.300 e. The maximum absolute atomic E-state index is 13.3. The van der Waals surface area contributed by atoms with Gasteiger partial charge in [-0.3, -0.25) is 14.5 Å². The Morgan fingerprint density at radius 2 is 1.50 bits per heavy atom. The first-order chi connectivity index (χ1) is 16.4. The van der Waals surface area contributed by atoms with Crippen molar-refractivity contribution >= 4 is 23.1 Å². The minimum Gasteiger partial charge on any atom is -0.508 e. The number of methoxy groups -OCH3 is 3. The van der Waals surface area contributed by atoms with E-state index < -0.39 is 23.5 Å². The number of ketones is 1. The number of Topliss-reactive ketones (excluding diaryl/α,β-unsaturated/α-hetero) is 1. The average Bonchev–Trinajstić information content (AvgIpc) is 3.13. The first-order valence-electron chi connectivity index (χ1n) is 10.4. The van der Waals surface area contributed by atoms with Gasteiger partial charge < -0.3 is 24.4 Å². The molecule has 1 aliphatic heterocycles. The van der Waals surface area contributed by atoms with Crippen LogP contribution in [0.5, 0.6) is 23.0 Å². The number of benzene rings is 3. The van der Waals surface area contributed by atoms with E-state index in [4.69, 9.17) is 14.2 Å². The minimum atomic E-state index is -1.03. The molecule has 0 saturated carbocycles. The van der Waals surface area contributed by atoms with Crippen LogP contribution in [0.15, 0.2) is 72.3 Å². The molecule has 3 aromatic rings. The van der Waals surface area contributed by atoms with Crippen molar-refractivity contribution in [1.82, 2.24) is 0 Å². The van der Waals surface area contributed by atoms with Crippen molar-refractivity contribution in [2.24, 2.45) is 0 Å². The summed E-state index contributed by atoms with van der Waals surface area (Å²) in [7, 11) is 4.34. The zero-order valence-corrected chi connectivity index (χ0v) is 18.8. The van der Waals surface area contributed by atoms with Gasteiger partial charge in [-0.1, -0.05) is 24.3 Å². The molecule has 1 heterocycles. The fourth-order valence-electron chi connectivity index (χ4n) is 4.09. The van der Waals surface area contributed by atoms with E-state index in [2.05, 4.69) is 0 Å². The van der Waals surface area contributed by atoms with E-state index in [9.17, 15) is 19.8 Å². The fourth-order valence-corrected chi connectivity index (χ4v) is 4.09. The van der Waals surface area contributed by atoms with E-state index in [-0.39, 0.29) is 28.4 Å².